The molecular weight excluding hydrogens is 180 g/mol. The zero-order chi connectivity index (χ0) is 11.3. The second-order valence-corrected chi connectivity index (χ2v) is 5.07. The van der Waals surface area contributed by atoms with E-state index in [0.717, 1.165) is 12.8 Å². The third kappa shape index (κ3) is 4.07. The molecule has 0 N–H and O–H groups in total. The van der Waals surface area contributed by atoms with E-state index >= 15 is 0 Å². The lowest BCUT2D eigenvalue weighted by Gasteiger charge is -2.19. The van der Waals surface area contributed by atoms with Gasteiger partial charge in [-0.15, -0.1) is 0 Å². The zero-order valence-corrected chi connectivity index (χ0v) is 10.2. The van der Waals surface area contributed by atoms with Gasteiger partial charge in [0.15, 0.2) is 0 Å². The molecule has 1 aromatic rings. The maximum atomic E-state index is 3.84. The molecule has 0 heterocycles. The maximum absolute atomic E-state index is 3.84. The van der Waals surface area contributed by atoms with E-state index in [0.29, 0.717) is 0 Å². The normalized spacial score (nSPS) is 11.7. The van der Waals surface area contributed by atoms with E-state index in [-0.39, 0.29) is 5.41 Å². The molecule has 0 bridgehead atoms. The SMILES string of the molecule is [CH2]CCC[CH]c1ccc(C(C)(C)C)cc1. The topological polar surface area (TPSA) is 0 Å². The first-order valence-electron chi connectivity index (χ1n) is 5.77. The van der Waals surface area contributed by atoms with E-state index in [1.54, 1.807) is 0 Å². The van der Waals surface area contributed by atoms with Gasteiger partial charge in [0, 0.05) is 0 Å². The number of hydrogen-bond acceptors (Lipinski definition) is 0. The van der Waals surface area contributed by atoms with Crippen LogP contribution in [-0.2, 0) is 5.41 Å². The van der Waals surface area contributed by atoms with Crippen LogP contribution in [0.5, 0.6) is 0 Å². The zero-order valence-electron chi connectivity index (χ0n) is 10.2. The van der Waals surface area contributed by atoms with Crippen molar-refractivity contribution in [3.8, 4) is 0 Å². The van der Waals surface area contributed by atoms with Crippen molar-refractivity contribution in [2.45, 2.75) is 45.4 Å². The number of rotatable bonds is 4. The Balaban J connectivity index is 2.57. The van der Waals surface area contributed by atoms with Crippen LogP contribution in [0, 0.1) is 13.3 Å². The van der Waals surface area contributed by atoms with Crippen LogP contribution in [0.4, 0.5) is 0 Å². The summed E-state index contributed by atoms with van der Waals surface area (Å²) in [6.07, 6.45) is 5.63. The molecule has 2 radical (unpaired) electrons. The Morgan fingerprint density at radius 3 is 2.20 bits per heavy atom. The van der Waals surface area contributed by atoms with Crippen LogP contribution in [0.2, 0.25) is 0 Å². The van der Waals surface area contributed by atoms with Crippen molar-refractivity contribution >= 4 is 0 Å². The summed E-state index contributed by atoms with van der Waals surface area (Å²) in [5, 5.41) is 0. The highest BCUT2D eigenvalue weighted by atomic mass is 14.2. The van der Waals surface area contributed by atoms with Crippen LogP contribution in [0.15, 0.2) is 24.3 Å². The van der Waals surface area contributed by atoms with Gasteiger partial charge >= 0.3 is 0 Å². The quantitative estimate of drug-likeness (QED) is 0.629. The first kappa shape index (κ1) is 12.3. The minimum atomic E-state index is 0.256. The van der Waals surface area contributed by atoms with Crippen molar-refractivity contribution in [3.05, 3.63) is 48.7 Å². The van der Waals surface area contributed by atoms with Crippen LogP contribution in [-0.4, -0.2) is 0 Å². The van der Waals surface area contributed by atoms with Gasteiger partial charge in [-0.25, -0.2) is 0 Å². The number of hydrogen-bond donors (Lipinski definition) is 0. The van der Waals surface area contributed by atoms with Gasteiger partial charge in [0.1, 0.15) is 0 Å². The molecule has 15 heavy (non-hydrogen) atoms. The molecule has 0 unspecified atom stereocenters. The summed E-state index contributed by atoms with van der Waals surface area (Å²) in [6.45, 7) is 10.6. The lowest BCUT2D eigenvalue weighted by atomic mass is 9.86. The second kappa shape index (κ2) is 5.34. The lowest BCUT2D eigenvalue weighted by molar-refractivity contribution is 0.590. The van der Waals surface area contributed by atoms with E-state index < -0.39 is 0 Å². The van der Waals surface area contributed by atoms with Crippen molar-refractivity contribution in [3.63, 3.8) is 0 Å². The highest BCUT2D eigenvalue weighted by molar-refractivity contribution is 5.30. The maximum Gasteiger partial charge on any atom is -0.00931 e. The van der Waals surface area contributed by atoms with E-state index in [1.807, 2.05) is 0 Å². The third-order valence-electron chi connectivity index (χ3n) is 2.61. The molecule has 0 heteroatoms. The monoisotopic (exact) mass is 202 g/mol. The summed E-state index contributed by atoms with van der Waals surface area (Å²) >= 11 is 0. The summed E-state index contributed by atoms with van der Waals surface area (Å²) in [4.78, 5) is 0. The molecule has 0 atom stereocenters. The van der Waals surface area contributed by atoms with Gasteiger partial charge in [0.05, 0.1) is 0 Å². The molecule has 0 fully saturated rings. The molecule has 0 amide bonds. The lowest BCUT2D eigenvalue weighted by Crippen LogP contribution is -2.10. The Bertz CT molecular complexity index is 274. The molecule has 82 valence electrons. The molecule has 0 nitrogen and oxygen atoms in total. The standard InChI is InChI=1S/C15H22/c1-5-6-7-8-13-9-11-14(12-10-13)15(2,3)4/h8-12H,1,5-7H2,2-4H3. The summed E-state index contributed by atoms with van der Waals surface area (Å²) in [5.41, 5.74) is 2.99. The summed E-state index contributed by atoms with van der Waals surface area (Å²) in [7, 11) is 0. The Hall–Kier alpha value is -0.780. The van der Waals surface area contributed by atoms with Gasteiger partial charge in [0.25, 0.3) is 0 Å². The van der Waals surface area contributed by atoms with Crippen LogP contribution in [0.3, 0.4) is 0 Å². The molecule has 0 aliphatic rings. The third-order valence-corrected chi connectivity index (χ3v) is 2.61. The Morgan fingerprint density at radius 1 is 1.13 bits per heavy atom. The smallest absolute Gasteiger partial charge is 0.00931 e. The molecule has 0 aliphatic carbocycles. The molecule has 0 aliphatic heterocycles. The van der Waals surface area contributed by atoms with E-state index in [2.05, 4.69) is 58.4 Å². The molecule has 0 aromatic heterocycles. The second-order valence-electron chi connectivity index (χ2n) is 5.07. The highest BCUT2D eigenvalue weighted by Crippen LogP contribution is 2.22. The van der Waals surface area contributed by atoms with Gasteiger partial charge in [0.2, 0.25) is 0 Å². The van der Waals surface area contributed by atoms with Crippen LogP contribution >= 0.6 is 0 Å². The Morgan fingerprint density at radius 2 is 1.73 bits per heavy atom. The average molecular weight is 202 g/mol. The Labute approximate surface area is 94.7 Å². The number of benzene rings is 1. The first-order chi connectivity index (χ1) is 7.04. The summed E-state index contributed by atoms with van der Waals surface area (Å²) in [5.74, 6) is 0. The van der Waals surface area contributed by atoms with Gasteiger partial charge in [-0.2, -0.15) is 0 Å². The van der Waals surface area contributed by atoms with Crippen molar-refractivity contribution in [2.75, 3.05) is 0 Å². The van der Waals surface area contributed by atoms with Crippen LogP contribution in [0.1, 0.15) is 51.2 Å². The van der Waals surface area contributed by atoms with Crippen LogP contribution < -0.4 is 0 Å². The van der Waals surface area contributed by atoms with Gasteiger partial charge in [-0.05, 0) is 29.4 Å². The van der Waals surface area contributed by atoms with Crippen molar-refractivity contribution in [1.29, 1.82) is 0 Å². The van der Waals surface area contributed by atoms with E-state index in [4.69, 9.17) is 0 Å². The van der Waals surface area contributed by atoms with Crippen molar-refractivity contribution < 1.29 is 0 Å². The van der Waals surface area contributed by atoms with Crippen molar-refractivity contribution in [2.24, 2.45) is 0 Å². The minimum absolute atomic E-state index is 0.256. The summed E-state index contributed by atoms with van der Waals surface area (Å²) < 4.78 is 0. The van der Waals surface area contributed by atoms with Crippen LogP contribution in [0.25, 0.3) is 0 Å². The fourth-order valence-electron chi connectivity index (χ4n) is 1.53. The average Bonchev–Trinajstić information content (AvgIpc) is 2.18. The molecule has 1 rings (SSSR count). The highest BCUT2D eigenvalue weighted by Gasteiger charge is 2.12. The van der Waals surface area contributed by atoms with E-state index in [9.17, 15) is 0 Å². The molecular formula is C15H22. The first-order valence-corrected chi connectivity index (χ1v) is 5.77. The largest absolute Gasteiger partial charge is 0.0584 e. The minimum Gasteiger partial charge on any atom is -0.0584 e. The van der Waals surface area contributed by atoms with Gasteiger partial charge in [-0.3, -0.25) is 0 Å². The molecule has 0 spiro atoms. The van der Waals surface area contributed by atoms with Gasteiger partial charge in [-0.1, -0.05) is 64.8 Å². The Kier molecular flexibility index (Phi) is 4.38. The van der Waals surface area contributed by atoms with Gasteiger partial charge < -0.3 is 0 Å². The fraction of sp³-hybridized carbons (Fsp3) is 0.467. The predicted octanol–water partition coefficient (Wildman–Crippen LogP) is 4.54. The molecule has 0 saturated heterocycles. The molecule has 1 aromatic carbocycles. The summed E-state index contributed by atoms with van der Waals surface area (Å²) in [6, 6.07) is 8.89. The van der Waals surface area contributed by atoms with Crippen molar-refractivity contribution in [1.82, 2.24) is 0 Å². The molecule has 0 saturated carbocycles. The number of unbranched alkanes of at least 4 members (excludes halogenated alkanes) is 2. The van der Waals surface area contributed by atoms with E-state index in [1.165, 1.54) is 17.5 Å². The predicted molar refractivity (Wildman–Crippen MR) is 67.8 cm³/mol. The fourth-order valence-corrected chi connectivity index (χ4v) is 1.53.